The minimum absolute atomic E-state index is 0.269. The first-order chi connectivity index (χ1) is 10.4. The van der Waals surface area contributed by atoms with Crippen molar-refractivity contribution in [3.05, 3.63) is 57.5 Å². The molecule has 0 aliphatic heterocycles. The van der Waals surface area contributed by atoms with Crippen LogP contribution in [0.4, 0.5) is 5.69 Å². The van der Waals surface area contributed by atoms with E-state index in [1.807, 2.05) is 19.9 Å². The largest absolute Gasteiger partial charge is 0.321 e. The standard InChI is InChI=1S/C15H12Cl2N4O/c1-8-5-11(7-21-14(8)18-9(2)20-21)19-15(22)10-3-4-12(16)13(17)6-10/h3-7H,1-2H3,(H,19,22). The highest BCUT2D eigenvalue weighted by Gasteiger charge is 2.11. The number of fused-ring (bicyclic) bond motifs is 1. The van der Waals surface area contributed by atoms with E-state index in [1.54, 1.807) is 22.8 Å². The number of hydrogen-bond acceptors (Lipinski definition) is 3. The van der Waals surface area contributed by atoms with Gasteiger partial charge in [-0.15, -0.1) is 0 Å². The summed E-state index contributed by atoms with van der Waals surface area (Å²) in [5.41, 5.74) is 2.76. The molecule has 2 heterocycles. The summed E-state index contributed by atoms with van der Waals surface area (Å²) < 4.78 is 1.65. The summed E-state index contributed by atoms with van der Waals surface area (Å²) in [7, 11) is 0. The highest BCUT2D eigenvalue weighted by Crippen LogP contribution is 2.23. The molecule has 1 aromatic carbocycles. The van der Waals surface area contributed by atoms with Crippen LogP contribution in [0.25, 0.3) is 5.65 Å². The van der Waals surface area contributed by atoms with Crippen LogP contribution >= 0.6 is 23.2 Å². The fourth-order valence-corrected chi connectivity index (χ4v) is 2.46. The fourth-order valence-electron chi connectivity index (χ4n) is 2.16. The topological polar surface area (TPSA) is 59.3 Å². The van der Waals surface area contributed by atoms with Crippen LogP contribution in [0.2, 0.25) is 10.0 Å². The number of benzene rings is 1. The van der Waals surface area contributed by atoms with Crippen molar-refractivity contribution in [1.82, 2.24) is 14.6 Å². The number of aryl methyl sites for hydroxylation is 2. The van der Waals surface area contributed by atoms with Crippen molar-refractivity contribution in [3.63, 3.8) is 0 Å². The van der Waals surface area contributed by atoms with Crippen molar-refractivity contribution >= 4 is 40.4 Å². The summed E-state index contributed by atoms with van der Waals surface area (Å²) in [6.45, 7) is 3.73. The number of nitrogens with zero attached hydrogens (tertiary/aromatic N) is 3. The van der Waals surface area contributed by atoms with Gasteiger partial charge in [0.05, 0.1) is 21.9 Å². The van der Waals surface area contributed by atoms with Gasteiger partial charge in [0.25, 0.3) is 5.91 Å². The number of halogens is 2. The smallest absolute Gasteiger partial charge is 0.255 e. The van der Waals surface area contributed by atoms with E-state index in [-0.39, 0.29) is 5.91 Å². The predicted octanol–water partition coefficient (Wildman–Crippen LogP) is 3.91. The van der Waals surface area contributed by atoms with Crippen LogP contribution in [0.3, 0.4) is 0 Å². The molecular weight excluding hydrogens is 323 g/mol. The number of anilines is 1. The molecule has 0 aliphatic carbocycles. The van der Waals surface area contributed by atoms with Gasteiger partial charge in [0.15, 0.2) is 5.65 Å². The highest BCUT2D eigenvalue weighted by atomic mass is 35.5. The number of hydrogen-bond donors (Lipinski definition) is 1. The number of rotatable bonds is 2. The maximum absolute atomic E-state index is 12.3. The predicted molar refractivity (Wildman–Crippen MR) is 86.9 cm³/mol. The van der Waals surface area contributed by atoms with Gasteiger partial charge in [-0.25, -0.2) is 9.50 Å². The van der Waals surface area contributed by atoms with Gasteiger partial charge in [-0.05, 0) is 43.7 Å². The van der Waals surface area contributed by atoms with Gasteiger partial charge in [-0.3, -0.25) is 4.79 Å². The first-order valence-corrected chi connectivity index (χ1v) is 7.29. The van der Waals surface area contributed by atoms with Gasteiger partial charge in [-0.1, -0.05) is 23.2 Å². The number of carbonyl (C=O) groups excluding carboxylic acids is 1. The normalized spacial score (nSPS) is 10.9. The average molecular weight is 335 g/mol. The second-order valence-electron chi connectivity index (χ2n) is 4.92. The Morgan fingerprint density at radius 3 is 2.68 bits per heavy atom. The molecule has 7 heteroatoms. The fraction of sp³-hybridized carbons (Fsp3) is 0.133. The summed E-state index contributed by atoms with van der Waals surface area (Å²) in [4.78, 5) is 16.6. The zero-order valence-corrected chi connectivity index (χ0v) is 13.4. The number of pyridine rings is 1. The van der Waals surface area contributed by atoms with Crippen molar-refractivity contribution in [1.29, 1.82) is 0 Å². The monoisotopic (exact) mass is 334 g/mol. The highest BCUT2D eigenvalue weighted by molar-refractivity contribution is 6.42. The maximum atomic E-state index is 12.3. The molecule has 0 bridgehead atoms. The Kier molecular flexibility index (Phi) is 3.76. The van der Waals surface area contributed by atoms with Crippen LogP contribution in [0, 0.1) is 13.8 Å². The first-order valence-electron chi connectivity index (χ1n) is 6.54. The lowest BCUT2D eigenvalue weighted by molar-refractivity contribution is 0.102. The molecule has 0 saturated carbocycles. The van der Waals surface area contributed by atoms with E-state index in [9.17, 15) is 4.79 Å². The van der Waals surface area contributed by atoms with E-state index >= 15 is 0 Å². The molecular formula is C15H12Cl2N4O. The van der Waals surface area contributed by atoms with Crippen molar-refractivity contribution in [2.24, 2.45) is 0 Å². The zero-order chi connectivity index (χ0) is 15.9. The molecule has 1 N–H and O–H groups in total. The first kappa shape index (κ1) is 14.8. The molecule has 3 aromatic rings. The lowest BCUT2D eigenvalue weighted by atomic mass is 10.2. The van der Waals surface area contributed by atoms with E-state index in [1.165, 1.54) is 6.07 Å². The third kappa shape index (κ3) is 2.77. The minimum atomic E-state index is -0.269. The van der Waals surface area contributed by atoms with Gasteiger partial charge in [-0.2, -0.15) is 5.10 Å². The molecule has 0 aliphatic rings. The van der Waals surface area contributed by atoms with Gasteiger partial charge in [0.2, 0.25) is 0 Å². The van der Waals surface area contributed by atoms with Crippen LogP contribution in [0.1, 0.15) is 21.7 Å². The SMILES string of the molecule is Cc1nc2c(C)cc(NC(=O)c3ccc(Cl)c(Cl)c3)cn2n1. The molecule has 3 rings (SSSR count). The molecule has 0 fully saturated rings. The Bertz CT molecular complexity index is 889. The summed E-state index contributed by atoms with van der Waals surface area (Å²) in [6, 6.07) is 6.59. The van der Waals surface area contributed by atoms with Crippen molar-refractivity contribution < 1.29 is 4.79 Å². The van der Waals surface area contributed by atoms with Crippen LogP contribution in [0.5, 0.6) is 0 Å². The molecule has 22 heavy (non-hydrogen) atoms. The van der Waals surface area contributed by atoms with Gasteiger partial charge < -0.3 is 5.32 Å². The number of carbonyl (C=O) groups is 1. The second kappa shape index (κ2) is 5.59. The third-order valence-electron chi connectivity index (χ3n) is 3.16. The van der Waals surface area contributed by atoms with Crippen LogP contribution in [0.15, 0.2) is 30.5 Å². The average Bonchev–Trinajstić information content (AvgIpc) is 2.83. The van der Waals surface area contributed by atoms with Gasteiger partial charge in [0.1, 0.15) is 5.82 Å². The van der Waals surface area contributed by atoms with E-state index in [0.717, 1.165) is 11.2 Å². The number of aromatic nitrogens is 3. The third-order valence-corrected chi connectivity index (χ3v) is 3.90. The molecule has 0 atom stereocenters. The Morgan fingerprint density at radius 2 is 1.95 bits per heavy atom. The lowest BCUT2D eigenvalue weighted by Crippen LogP contribution is -2.12. The van der Waals surface area contributed by atoms with E-state index < -0.39 is 0 Å². The lowest BCUT2D eigenvalue weighted by Gasteiger charge is -2.07. The summed E-state index contributed by atoms with van der Waals surface area (Å²) in [5.74, 6) is 0.408. The number of nitrogens with one attached hydrogen (secondary N) is 1. The molecule has 112 valence electrons. The molecule has 2 aromatic heterocycles. The van der Waals surface area contributed by atoms with Crippen molar-refractivity contribution in [2.45, 2.75) is 13.8 Å². The van der Waals surface area contributed by atoms with Gasteiger partial charge in [0, 0.05) is 5.56 Å². The van der Waals surface area contributed by atoms with Crippen LogP contribution in [-0.2, 0) is 0 Å². The van der Waals surface area contributed by atoms with Crippen LogP contribution < -0.4 is 5.32 Å². The van der Waals surface area contributed by atoms with Crippen LogP contribution in [-0.4, -0.2) is 20.5 Å². The Labute approximate surface area is 136 Å². The molecule has 1 amide bonds. The molecule has 0 spiro atoms. The zero-order valence-electron chi connectivity index (χ0n) is 11.9. The summed E-state index contributed by atoms with van der Waals surface area (Å²) in [6.07, 6.45) is 1.72. The molecule has 0 radical (unpaired) electrons. The Hall–Kier alpha value is -2.11. The van der Waals surface area contributed by atoms with E-state index in [4.69, 9.17) is 23.2 Å². The molecule has 5 nitrogen and oxygen atoms in total. The van der Waals surface area contributed by atoms with Gasteiger partial charge >= 0.3 is 0 Å². The quantitative estimate of drug-likeness (QED) is 0.772. The second-order valence-corrected chi connectivity index (χ2v) is 5.74. The van der Waals surface area contributed by atoms with Crippen molar-refractivity contribution in [3.8, 4) is 0 Å². The minimum Gasteiger partial charge on any atom is -0.321 e. The van der Waals surface area contributed by atoms with Crippen molar-refractivity contribution in [2.75, 3.05) is 5.32 Å². The van der Waals surface area contributed by atoms with E-state index in [0.29, 0.717) is 27.1 Å². The molecule has 0 saturated heterocycles. The Balaban J connectivity index is 1.91. The Morgan fingerprint density at radius 1 is 1.18 bits per heavy atom. The maximum Gasteiger partial charge on any atom is 0.255 e. The summed E-state index contributed by atoms with van der Waals surface area (Å²) >= 11 is 11.8. The molecule has 0 unspecified atom stereocenters. The number of amides is 1. The van der Waals surface area contributed by atoms with E-state index in [2.05, 4.69) is 15.4 Å². The summed E-state index contributed by atoms with van der Waals surface area (Å²) in [5, 5.41) is 7.83.